The van der Waals surface area contributed by atoms with Crippen LogP contribution in [-0.2, 0) is 6.42 Å². The van der Waals surface area contributed by atoms with Gasteiger partial charge in [-0.3, -0.25) is 4.79 Å². The van der Waals surface area contributed by atoms with Crippen molar-refractivity contribution < 1.29 is 14.7 Å². The summed E-state index contributed by atoms with van der Waals surface area (Å²) >= 11 is 6.01. The number of carboxylic acids is 1. The average Bonchev–Trinajstić information content (AvgIpc) is 2.90. The highest BCUT2D eigenvalue weighted by Crippen LogP contribution is 2.27. The van der Waals surface area contributed by atoms with Crippen LogP contribution in [0.25, 0.3) is 5.70 Å². The van der Waals surface area contributed by atoms with Crippen LogP contribution in [0.15, 0.2) is 48.5 Å². The third kappa shape index (κ3) is 2.61. The Morgan fingerprint density at radius 3 is 2.64 bits per heavy atom. The summed E-state index contributed by atoms with van der Waals surface area (Å²) in [5, 5.41) is 12.3. The molecule has 2 aromatic rings. The van der Waals surface area contributed by atoms with Gasteiger partial charge in [0.25, 0.3) is 5.91 Å². The molecule has 0 radical (unpaired) electrons. The molecule has 1 amide bonds. The molecule has 3 rings (SSSR count). The number of benzene rings is 2. The highest BCUT2D eigenvalue weighted by molar-refractivity contribution is 6.34. The first-order valence-corrected chi connectivity index (χ1v) is 7.06. The van der Waals surface area contributed by atoms with E-state index in [-0.39, 0.29) is 11.5 Å². The van der Waals surface area contributed by atoms with Gasteiger partial charge in [0.1, 0.15) is 0 Å². The second kappa shape index (κ2) is 5.66. The van der Waals surface area contributed by atoms with Gasteiger partial charge in [0, 0.05) is 11.3 Å². The van der Waals surface area contributed by atoms with Crippen molar-refractivity contribution in [3.05, 3.63) is 75.8 Å². The van der Waals surface area contributed by atoms with Crippen LogP contribution in [0, 0.1) is 0 Å². The third-order valence-electron chi connectivity index (χ3n) is 3.54. The Hall–Kier alpha value is -2.59. The van der Waals surface area contributed by atoms with Gasteiger partial charge in [0.15, 0.2) is 0 Å². The van der Waals surface area contributed by atoms with Crippen LogP contribution in [0.3, 0.4) is 0 Å². The molecule has 0 saturated carbocycles. The summed E-state index contributed by atoms with van der Waals surface area (Å²) in [7, 11) is 0. The van der Waals surface area contributed by atoms with Crippen LogP contribution >= 0.6 is 11.6 Å². The SMILES string of the molecule is O=C(O)c1ccc2c(c1)C(NC(=O)c1ccccc1Cl)=CC2. The van der Waals surface area contributed by atoms with Crippen molar-refractivity contribution in [2.45, 2.75) is 6.42 Å². The number of aromatic carboxylic acids is 1. The lowest BCUT2D eigenvalue weighted by Gasteiger charge is -2.10. The largest absolute Gasteiger partial charge is 0.478 e. The van der Waals surface area contributed by atoms with Crippen molar-refractivity contribution >= 4 is 29.2 Å². The quantitative estimate of drug-likeness (QED) is 0.913. The number of hydrogen-bond donors (Lipinski definition) is 2. The number of carbonyl (C=O) groups is 2. The molecule has 4 nitrogen and oxygen atoms in total. The standard InChI is InChI=1S/C17H12ClNO3/c18-14-4-2-1-3-12(14)16(20)19-15-8-7-10-5-6-11(17(21)22)9-13(10)15/h1-6,8-9H,7H2,(H,19,20)(H,21,22). The molecule has 0 aliphatic heterocycles. The molecule has 0 atom stereocenters. The Morgan fingerprint density at radius 1 is 1.14 bits per heavy atom. The van der Waals surface area contributed by atoms with Crippen LogP contribution in [-0.4, -0.2) is 17.0 Å². The van der Waals surface area contributed by atoms with Crippen molar-refractivity contribution in [1.82, 2.24) is 5.32 Å². The predicted octanol–water partition coefficient (Wildman–Crippen LogP) is 3.37. The van der Waals surface area contributed by atoms with E-state index in [0.717, 1.165) is 11.1 Å². The van der Waals surface area contributed by atoms with E-state index in [1.165, 1.54) is 0 Å². The Morgan fingerprint density at radius 2 is 1.91 bits per heavy atom. The zero-order chi connectivity index (χ0) is 15.7. The van der Waals surface area contributed by atoms with E-state index in [2.05, 4.69) is 5.32 Å². The van der Waals surface area contributed by atoms with E-state index in [0.29, 0.717) is 22.7 Å². The van der Waals surface area contributed by atoms with E-state index >= 15 is 0 Å². The van der Waals surface area contributed by atoms with E-state index in [4.69, 9.17) is 16.7 Å². The number of allylic oxidation sites excluding steroid dienone is 1. The topological polar surface area (TPSA) is 66.4 Å². The molecular formula is C17H12ClNO3. The van der Waals surface area contributed by atoms with Gasteiger partial charge < -0.3 is 10.4 Å². The van der Waals surface area contributed by atoms with Crippen molar-refractivity contribution in [2.75, 3.05) is 0 Å². The Balaban J connectivity index is 1.88. The van der Waals surface area contributed by atoms with Crippen molar-refractivity contribution in [1.29, 1.82) is 0 Å². The molecule has 1 aliphatic rings. The minimum atomic E-state index is -0.994. The third-order valence-corrected chi connectivity index (χ3v) is 3.87. The fourth-order valence-corrected chi connectivity index (χ4v) is 2.64. The molecule has 5 heteroatoms. The van der Waals surface area contributed by atoms with Gasteiger partial charge in [0.2, 0.25) is 0 Å². The van der Waals surface area contributed by atoms with E-state index < -0.39 is 5.97 Å². The molecular weight excluding hydrogens is 302 g/mol. The Kier molecular flexibility index (Phi) is 3.69. The minimum Gasteiger partial charge on any atom is -0.478 e. The number of nitrogens with one attached hydrogen (secondary N) is 1. The first-order valence-electron chi connectivity index (χ1n) is 6.69. The summed E-state index contributed by atoms with van der Waals surface area (Å²) in [6.45, 7) is 0. The molecule has 110 valence electrons. The van der Waals surface area contributed by atoms with Gasteiger partial charge in [-0.05, 0) is 36.2 Å². The number of hydrogen-bond acceptors (Lipinski definition) is 2. The number of halogens is 1. The minimum absolute atomic E-state index is 0.193. The molecule has 1 aliphatic carbocycles. The molecule has 22 heavy (non-hydrogen) atoms. The molecule has 0 aromatic heterocycles. The summed E-state index contributed by atoms with van der Waals surface area (Å²) in [6, 6.07) is 11.7. The van der Waals surface area contributed by atoms with Crippen LogP contribution in [0.2, 0.25) is 5.02 Å². The molecule has 0 bridgehead atoms. The number of amides is 1. The van der Waals surface area contributed by atoms with Gasteiger partial charge in [-0.15, -0.1) is 0 Å². The molecule has 2 N–H and O–H groups in total. The fraction of sp³-hybridized carbons (Fsp3) is 0.0588. The number of carbonyl (C=O) groups excluding carboxylic acids is 1. The molecule has 0 heterocycles. The van der Waals surface area contributed by atoms with Gasteiger partial charge in [-0.2, -0.15) is 0 Å². The van der Waals surface area contributed by atoms with E-state index in [1.54, 1.807) is 42.5 Å². The van der Waals surface area contributed by atoms with Crippen molar-refractivity contribution in [3.63, 3.8) is 0 Å². The summed E-state index contributed by atoms with van der Waals surface area (Å²) in [4.78, 5) is 23.4. The highest BCUT2D eigenvalue weighted by Gasteiger charge is 2.19. The second-order valence-corrected chi connectivity index (χ2v) is 5.34. The predicted molar refractivity (Wildman–Crippen MR) is 84.0 cm³/mol. The lowest BCUT2D eigenvalue weighted by molar-refractivity contribution is 0.0696. The summed E-state index contributed by atoms with van der Waals surface area (Å²) in [5.41, 5.74) is 2.91. The molecule has 0 fully saturated rings. The van der Waals surface area contributed by atoms with E-state index in [1.807, 2.05) is 6.08 Å². The van der Waals surface area contributed by atoms with Crippen molar-refractivity contribution in [3.8, 4) is 0 Å². The number of fused-ring (bicyclic) bond motifs is 1. The maximum atomic E-state index is 12.3. The number of rotatable bonds is 3. The zero-order valence-corrected chi connectivity index (χ0v) is 12.2. The molecule has 0 saturated heterocycles. The van der Waals surface area contributed by atoms with Crippen LogP contribution in [0.5, 0.6) is 0 Å². The van der Waals surface area contributed by atoms with E-state index in [9.17, 15) is 9.59 Å². The lowest BCUT2D eigenvalue weighted by Crippen LogP contribution is -2.21. The van der Waals surface area contributed by atoms with Gasteiger partial charge in [-0.25, -0.2) is 4.79 Å². The second-order valence-electron chi connectivity index (χ2n) is 4.93. The summed E-state index contributed by atoms with van der Waals surface area (Å²) in [6.07, 6.45) is 2.53. The molecule has 2 aromatic carbocycles. The summed E-state index contributed by atoms with van der Waals surface area (Å²) < 4.78 is 0. The van der Waals surface area contributed by atoms with Crippen LogP contribution < -0.4 is 5.32 Å². The van der Waals surface area contributed by atoms with Gasteiger partial charge in [-0.1, -0.05) is 35.9 Å². The first kappa shape index (κ1) is 14.4. The smallest absolute Gasteiger partial charge is 0.335 e. The normalized spacial score (nSPS) is 12.5. The summed E-state index contributed by atoms with van der Waals surface area (Å²) in [5.74, 6) is -1.31. The van der Waals surface area contributed by atoms with Crippen LogP contribution in [0.1, 0.15) is 31.8 Å². The average molecular weight is 314 g/mol. The molecule has 0 spiro atoms. The lowest BCUT2D eigenvalue weighted by atomic mass is 10.0. The van der Waals surface area contributed by atoms with Crippen molar-refractivity contribution in [2.24, 2.45) is 0 Å². The highest BCUT2D eigenvalue weighted by atomic mass is 35.5. The van der Waals surface area contributed by atoms with Gasteiger partial charge in [0.05, 0.1) is 16.1 Å². The number of carboxylic acid groups (broad SMARTS) is 1. The molecule has 0 unspecified atom stereocenters. The monoisotopic (exact) mass is 313 g/mol. The van der Waals surface area contributed by atoms with Gasteiger partial charge >= 0.3 is 5.97 Å². The first-order chi connectivity index (χ1) is 10.6. The maximum absolute atomic E-state index is 12.3. The maximum Gasteiger partial charge on any atom is 0.335 e. The zero-order valence-electron chi connectivity index (χ0n) is 11.5. The van der Waals surface area contributed by atoms with Crippen LogP contribution in [0.4, 0.5) is 0 Å². The fourth-order valence-electron chi connectivity index (χ4n) is 2.41. The Bertz CT molecular complexity index is 811. The Labute approximate surface area is 132 Å².